The molecular weight excluding hydrogens is 443 g/mol. The normalized spacial score (nSPS) is 46.4. The summed E-state index contributed by atoms with van der Waals surface area (Å²) in [7, 11) is 0. The van der Waals surface area contributed by atoms with Crippen molar-refractivity contribution in [3.63, 3.8) is 0 Å². The zero-order chi connectivity index (χ0) is 23.8. The molecule has 2 nitrogen and oxygen atoms in total. The van der Waals surface area contributed by atoms with Crippen LogP contribution >= 0.6 is 11.3 Å². The van der Waals surface area contributed by atoms with Gasteiger partial charge in [0.15, 0.2) is 5.69 Å². The molecule has 0 aromatic carbocycles. The van der Waals surface area contributed by atoms with Gasteiger partial charge in [-0.2, -0.15) is 13.2 Å². The number of halogens is 3. The molecule has 33 heavy (non-hydrogen) atoms. The van der Waals surface area contributed by atoms with Crippen LogP contribution in [0.3, 0.4) is 0 Å². The molecule has 4 aliphatic carbocycles. The molecule has 0 aliphatic heterocycles. The van der Waals surface area contributed by atoms with Gasteiger partial charge in [0.2, 0.25) is 0 Å². The standard InChI is InChI=1S/C27H40F3NOS/c1-16(13-23-31-22(15-33-23)27(28,29)30)19-7-8-20-18-6-5-17-14-24(2,32)11-12-25(17,3)21(18)9-10-26(19,20)4/h15-21,32H,5-14H2,1-4H3/t16-,17-,18+,19-,20+,21+,24-,25+,26-/m1/s1. The van der Waals surface area contributed by atoms with E-state index < -0.39 is 17.5 Å². The molecule has 186 valence electrons. The Morgan fingerprint density at radius 3 is 2.45 bits per heavy atom. The molecule has 6 heteroatoms. The van der Waals surface area contributed by atoms with Crippen molar-refractivity contribution in [3.05, 3.63) is 16.1 Å². The Morgan fingerprint density at radius 2 is 1.76 bits per heavy atom. The molecule has 0 amide bonds. The highest BCUT2D eigenvalue weighted by Crippen LogP contribution is 2.68. The smallest absolute Gasteiger partial charge is 0.390 e. The van der Waals surface area contributed by atoms with Crippen molar-refractivity contribution in [2.75, 3.05) is 0 Å². The summed E-state index contributed by atoms with van der Waals surface area (Å²) in [5.74, 6) is 3.87. The Morgan fingerprint density at radius 1 is 1.03 bits per heavy atom. The predicted molar refractivity (Wildman–Crippen MR) is 126 cm³/mol. The van der Waals surface area contributed by atoms with Gasteiger partial charge in [-0.3, -0.25) is 0 Å². The molecule has 4 aliphatic rings. The predicted octanol–water partition coefficient (Wildman–Crippen LogP) is 7.75. The van der Waals surface area contributed by atoms with Crippen molar-refractivity contribution in [2.24, 2.45) is 46.3 Å². The van der Waals surface area contributed by atoms with Crippen molar-refractivity contribution in [3.8, 4) is 0 Å². The number of nitrogens with zero attached hydrogens (tertiary/aromatic N) is 1. The van der Waals surface area contributed by atoms with Crippen LogP contribution in [0.4, 0.5) is 13.2 Å². The van der Waals surface area contributed by atoms with Crippen molar-refractivity contribution >= 4 is 11.3 Å². The Balaban J connectivity index is 1.31. The van der Waals surface area contributed by atoms with Crippen molar-refractivity contribution in [1.82, 2.24) is 4.98 Å². The lowest BCUT2D eigenvalue weighted by Gasteiger charge is -2.62. The summed E-state index contributed by atoms with van der Waals surface area (Å²) in [6.07, 6.45) is 6.92. The monoisotopic (exact) mass is 483 g/mol. The van der Waals surface area contributed by atoms with E-state index in [1.165, 1.54) is 55.2 Å². The fourth-order valence-corrected chi connectivity index (χ4v) is 10.3. The van der Waals surface area contributed by atoms with Gasteiger partial charge in [-0.15, -0.1) is 11.3 Å². The highest BCUT2D eigenvalue weighted by Gasteiger charge is 2.61. The largest absolute Gasteiger partial charge is 0.434 e. The summed E-state index contributed by atoms with van der Waals surface area (Å²) in [4.78, 5) is 3.92. The molecule has 5 rings (SSSR count). The molecule has 0 unspecified atom stereocenters. The van der Waals surface area contributed by atoms with Crippen molar-refractivity contribution in [2.45, 2.75) is 104 Å². The van der Waals surface area contributed by atoms with E-state index in [1.807, 2.05) is 6.92 Å². The molecule has 1 N–H and O–H groups in total. The van der Waals surface area contributed by atoms with Crippen LogP contribution in [0.2, 0.25) is 0 Å². The minimum absolute atomic E-state index is 0.300. The van der Waals surface area contributed by atoms with Crippen LogP contribution in [0, 0.1) is 46.3 Å². The van der Waals surface area contributed by atoms with Gasteiger partial charge in [-0.25, -0.2) is 4.98 Å². The lowest BCUT2D eigenvalue weighted by atomic mass is 9.43. The third-order valence-electron chi connectivity index (χ3n) is 11.1. The van der Waals surface area contributed by atoms with Crippen molar-refractivity contribution in [1.29, 1.82) is 0 Å². The number of fused-ring (bicyclic) bond motifs is 5. The van der Waals surface area contributed by atoms with Crippen LogP contribution < -0.4 is 0 Å². The average molecular weight is 484 g/mol. The Hall–Kier alpha value is -0.620. The molecule has 9 atom stereocenters. The first-order chi connectivity index (χ1) is 15.3. The number of thiazole rings is 1. The van der Waals surface area contributed by atoms with E-state index in [4.69, 9.17) is 0 Å². The average Bonchev–Trinajstić information content (AvgIpc) is 3.32. The maximum absolute atomic E-state index is 13.0. The van der Waals surface area contributed by atoms with Gasteiger partial charge in [-0.05, 0) is 111 Å². The second-order valence-corrected chi connectivity index (χ2v) is 13.8. The molecular formula is C27H40F3NOS. The number of hydrogen-bond acceptors (Lipinski definition) is 3. The molecule has 0 spiro atoms. The molecule has 1 aromatic rings. The Kier molecular flexibility index (Phi) is 5.80. The van der Waals surface area contributed by atoms with E-state index >= 15 is 0 Å². The lowest BCUT2D eigenvalue weighted by molar-refractivity contribution is -0.147. The molecule has 0 bridgehead atoms. The van der Waals surface area contributed by atoms with Gasteiger partial charge < -0.3 is 5.11 Å². The van der Waals surface area contributed by atoms with Gasteiger partial charge in [0.05, 0.1) is 10.6 Å². The van der Waals surface area contributed by atoms with E-state index in [0.717, 1.165) is 37.0 Å². The quantitative estimate of drug-likeness (QED) is 0.477. The molecule has 1 heterocycles. The maximum atomic E-state index is 13.0. The minimum atomic E-state index is -4.34. The summed E-state index contributed by atoms with van der Waals surface area (Å²) in [6.45, 7) is 9.31. The zero-order valence-electron chi connectivity index (χ0n) is 20.5. The van der Waals surface area contributed by atoms with Gasteiger partial charge >= 0.3 is 6.18 Å². The number of alkyl halides is 3. The van der Waals surface area contributed by atoms with Gasteiger partial charge in [0.25, 0.3) is 0 Å². The summed E-state index contributed by atoms with van der Waals surface area (Å²) >= 11 is 1.17. The second kappa shape index (κ2) is 7.94. The maximum Gasteiger partial charge on any atom is 0.434 e. The third-order valence-corrected chi connectivity index (χ3v) is 11.9. The molecule has 0 saturated heterocycles. The lowest BCUT2D eigenvalue weighted by Crippen LogP contribution is -2.55. The van der Waals surface area contributed by atoms with E-state index in [2.05, 4.69) is 25.8 Å². The first-order valence-corrected chi connectivity index (χ1v) is 14.0. The summed E-state index contributed by atoms with van der Waals surface area (Å²) in [5.41, 5.74) is -0.558. The SMILES string of the molecule is C[C@H](Cc1nc(C(F)(F)F)cs1)[C@H]1CC[C@H]2[C@@H]3CC[C@@H]4C[C@](C)(O)CC[C@]4(C)[C@H]3CC[C@]12C. The summed E-state index contributed by atoms with van der Waals surface area (Å²) in [6, 6.07) is 0. The van der Waals surface area contributed by atoms with Crippen molar-refractivity contribution < 1.29 is 18.3 Å². The van der Waals surface area contributed by atoms with Gasteiger partial charge in [0.1, 0.15) is 0 Å². The summed E-state index contributed by atoms with van der Waals surface area (Å²) < 4.78 is 39.0. The topological polar surface area (TPSA) is 33.1 Å². The van der Waals surface area contributed by atoms with Crippen LogP contribution in [0.5, 0.6) is 0 Å². The first kappa shape index (κ1) is 24.1. The first-order valence-electron chi connectivity index (χ1n) is 13.1. The fraction of sp³-hybridized carbons (Fsp3) is 0.889. The third kappa shape index (κ3) is 3.99. The number of hydrogen-bond donors (Lipinski definition) is 1. The van der Waals surface area contributed by atoms with Crippen LogP contribution in [0.1, 0.15) is 96.2 Å². The van der Waals surface area contributed by atoms with Crippen LogP contribution in [-0.2, 0) is 12.6 Å². The number of rotatable bonds is 3. The molecule has 4 fully saturated rings. The van der Waals surface area contributed by atoms with Crippen LogP contribution in [0.15, 0.2) is 5.38 Å². The van der Waals surface area contributed by atoms with E-state index in [1.54, 1.807) is 0 Å². The van der Waals surface area contributed by atoms with Crippen LogP contribution in [0.25, 0.3) is 0 Å². The van der Waals surface area contributed by atoms with E-state index in [0.29, 0.717) is 40.0 Å². The van der Waals surface area contributed by atoms with E-state index in [-0.39, 0.29) is 0 Å². The summed E-state index contributed by atoms with van der Waals surface area (Å²) in [5, 5.41) is 12.5. The Labute approximate surface area is 200 Å². The van der Waals surface area contributed by atoms with Gasteiger partial charge in [-0.1, -0.05) is 20.8 Å². The highest BCUT2D eigenvalue weighted by molar-refractivity contribution is 7.09. The second-order valence-electron chi connectivity index (χ2n) is 12.9. The highest BCUT2D eigenvalue weighted by atomic mass is 32.1. The number of aliphatic hydroxyl groups is 1. The molecule has 0 radical (unpaired) electrons. The zero-order valence-corrected chi connectivity index (χ0v) is 21.4. The fourth-order valence-electron chi connectivity index (χ4n) is 9.36. The van der Waals surface area contributed by atoms with E-state index in [9.17, 15) is 18.3 Å². The number of aromatic nitrogens is 1. The Bertz CT molecular complexity index is 881. The van der Waals surface area contributed by atoms with Gasteiger partial charge in [0, 0.05) is 11.8 Å². The molecule has 4 saturated carbocycles. The van der Waals surface area contributed by atoms with Crippen LogP contribution in [-0.4, -0.2) is 15.7 Å². The molecule has 1 aromatic heterocycles. The minimum Gasteiger partial charge on any atom is -0.390 e.